The molecule has 8 nitrogen and oxygen atoms in total. The molecule has 1 unspecified atom stereocenters. The number of aryl methyl sites for hydroxylation is 1. The molecule has 0 saturated carbocycles. The Hall–Kier alpha value is -3.29. The summed E-state index contributed by atoms with van der Waals surface area (Å²) in [4.78, 5) is 43.5. The maximum atomic E-state index is 13.1. The molecule has 0 spiro atoms. The lowest BCUT2D eigenvalue weighted by atomic mass is 10.0. The van der Waals surface area contributed by atoms with Crippen molar-refractivity contribution in [2.75, 3.05) is 0 Å². The van der Waals surface area contributed by atoms with Crippen molar-refractivity contribution >= 4 is 16.7 Å². The van der Waals surface area contributed by atoms with Gasteiger partial charge >= 0.3 is 0 Å². The molecule has 27 heavy (non-hydrogen) atoms. The Balaban J connectivity index is 1.69. The van der Waals surface area contributed by atoms with Crippen LogP contribution in [0.5, 0.6) is 0 Å². The molecule has 2 aromatic heterocycles. The minimum atomic E-state index is -0.564. The van der Waals surface area contributed by atoms with Gasteiger partial charge in [0.25, 0.3) is 11.1 Å². The highest BCUT2D eigenvalue weighted by Gasteiger charge is 2.32. The third kappa shape index (κ3) is 2.64. The SMILES string of the molecule is Cc1nc2c(c(=O)n1C)CN(C(=O)C(C)c1n[nH]c(=O)c3ccccc13)C2. The Morgan fingerprint density at radius 1 is 1.19 bits per heavy atom. The van der Waals surface area contributed by atoms with Crippen molar-refractivity contribution in [3.63, 3.8) is 0 Å². The molecule has 0 aliphatic carbocycles. The molecule has 8 heteroatoms. The highest BCUT2D eigenvalue weighted by atomic mass is 16.2. The monoisotopic (exact) mass is 365 g/mol. The number of amides is 1. The molecule has 1 aliphatic rings. The van der Waals surface area contributed by atoms with Gasteiger partial charge in [-0.1, -0.05) is 18.2 Å². The van der Waals surface area contributed by atoms with Gasteiger partial charge in [0.05, 0.1) is 41.3 Å². The normalized spacial score (nSPS) is 14.4. The van der Waals surface area contributed by atoms with Gasteiger partial charge in [-0.25, -0.2) is 10.1 Å². The van der Waals surface area contributed by atoms with E-state index in [1.165, 1.54) is 4.57 Å². The molecule has 3 aromatic rings. The van der Waals surface area contributed by atoms with Crippen LogP contribution in [-0.4, -0.2) is 30.6 Å². The summed E-state index contributed by atoms with van der Waals surface area (Å²) < 4.78 is 1.49. The van der Waals surface area contributed by atoms with Gasteiger partial charge in [0.2, 0.25) is 5.91 Å². The number of aromatic amines is 1. The number of rotatable bonds is 2. The van der Waals surface area contributed by atoms with Crippen molar-refractivity contribution in [3.8, 4) is 0 Å². The lowest BCUT2D eigenvalue weighted by Gasteiger charge is -2.20. The first-order valence-electron chi connectivity index (χ1n) is 8.70. The quantitative estimate of drug-likeness (QED) is 0.729. The second-order valence-corrected chi connectivity index (χ2v) is 6.85. The van der Waals surface area contributed by atoms with E-state index in [-0.39, 0.29) is 23.6 Å². The fraction of sp³-hybridized carbons (Fsp3) is 0.316. The van der Waals surface area contributed by atoms with Crippen LogP contribution in [-0.2, 0) is 24.9 Å². The van der Waals surface area contributed by atoms with E-state index in [0.29, 0.717) is 40.1 Å². The number of nitrogens with one attached hydrogen (secondary N) is 1. The zero-order valence-corrected chi connectivity index (χ0v) is 15.3. The molecule has 138 valence electrons. The maximum absolute atomic E-state index is 13.1. The maximum Gasteiger partial charge on any atom is 0.272 e. The van der Waals surface area contributed by atoms with Crippen molar-refractivity contribution in [2.24, 2.45) is 7.05 Å². The van der Waals surface area contributed by atoms with Crippen LogP contribution >= 0.6 is 0 Å². The fourth-order valence-electron chi connectivity index (χ4n) is 3.54. The van der Waals surface area contributed by atoms with E-state index in [9.17, 15) is 14.4 Å². The van der Waals surface area contributed by atoms with E-state index in [0.717, 1.165) is 0 Å². The van der Waals surface area contributed by atoms with E-state index >= 15 is 0 Å². The van der Waals surface area contributed by atoms with Gasteiger partial charge in [0.1, 0.15) is 5.82 Å². The second kappa shape index (κ2) is 6.15. The minimum absolute atomic E-state index is 0.118. The van der Waals surface area contributed by atoms with E-state index in [1.807, 2.05) is 6.07 Å². The van der Waals surface area contributed by atoms with Crippen LogP contribution in [0.1, 0.15) is 35.6 Å². The molecule has 3 heterocycles. The molecule has 1 aliphatic heterocycles. The lowest BCUT2D eigenvalue weighted by molar-refractivity contribution is -0.133. The molecule has 1 amide bonds. The van der Waals surface area contributed by atoms with Gasteiger partial charge in [-0.3, -0.25) is 19.0 Å². The predicted molar refractivity (Wildman–Crippen MR) is 99.2 cm³/mol. The largest absolute Gasteiger partial charge is 0.332 e. The Morgan fingerprint density at radius 3 is 2.63 bits per heavy atom. The molecule has 1 aromatic carbocycles. The number of H-pyrrole nitrogens is 1. The van der Waals surface area contributed by atoms with Crippen molar-refractivity contribution in [1.82, 2.24) is 24.6 Å². The molecule has 1 atom stereocenters. The smallest absolute Gasteiger partial charge is 0.272 e. The van der Waals surface area contributed by atoms with E-state index < -0.39 is 5.92 Å². The number of hydrogen-bond acceptors (Lipinski definition) is 5. The zero-order chi connectivity index (χ0) is 19.3. The third-order valence-corrected chi connectivity index (χ3v) is 5.20. The van der Waals surface area contributed by atoms with Crippen LogP contribution in [0.3, 0.4) is 0 Å². The summed E-state index contributed by atoms with van der Waals surface area (Å²) in [6.45, 7) is 4.07. The minimum Gasteiger partial charge on any atom is -0.332 e. The average Bonchev–Trinajstić information content (AvgIpc) is 3.09. The van der Waals surface area contributed by atoms with Gasteiger partial charge in [-0.15, -0.1) is 0 Å². The van der Waals surface area contributed by atoms with Gasteiger partial charge in [0, 0.05) is 12.4 Å². The van der Waals surface area contributed by atoms with E-state index in [1.54, 1.807) is 44.0 Å². The summed E-state index contributed by atoms with van der Waals surface area (Å²) in [7, 11) is 1.68. The first-order valence-corrected chi connectivity index (χ1v) is 8.70. The van der Waals surface area contributed by atoms with Gasteiger partial charge < -0.3 is 4.90 Å². The number of aromatic nitrogens is 4. The summed E-state index contributed by atoms with van der Waals surface area (Å²) >= 11 is 0. The molecule has 4 rings (SSSR count). The Kier molecular flexibility index (Phi) is 3.91. The van der Waals surface area contributed by atoms with Gasteiger partial charge in [-0.05, 0) is 19.9 Å². The van der Waals surface area contributed by atoms with Crippen LogP contribution in [0.15, 0.2) is 33.9 Å². The van der Waals surface area contributed by atoms with Gasteiger partial charge in [0.15, 0.2) is 0 Å². The fourth-order valence-corrected chi connectivity index (χ4v) is 3.54. The Labute approximate surface area is 154 Å². The van der Waals surface area contributed by atoms with Crippen LogP contribution in [0, 0.1) is 6.92 Å². The molecule has 0 saturated heterocycles. The standard InChI is InChI=1S/C19H19N5O3/c1-10(16-12-6-4-5-7-13(12)17(25)22-21-16)18(26)24-8-14-15(9-24)20-11(2)23(3)19(14)27/h4-7,10H,8-9H2,1-3H3,(H,22,25). The highest BCUT2D eigenvalue weighted by Crippen LogP contribution is 2.26. The predicted octanol–water partition coefficient (Wildman–Crippen LogP) is 0.971. The first-order chi connectivity index (χ1) is 12.9. The summed E-state index contributed by atoms with van der Waals surface area (Å²) in [6, 6.07) is 7.08. The molecule has 0 radical (unpaired) electrons. The number of nitrogens with zero attached hydrogens (tertiary/aromatic N) is 4. The Bertz CT molecular complexity index is 1190. The van der Waals surface area contributed by atoms with Crippen LogP contribution in [0.2, 0.25) is 0 Å². The average molecular weight is 365 g/mol. The third-order valence-electron chi connectivity index (χ3n) is 5.20. The highest BCUT2D eigenvalue weighted by molar-refractivity contribution is 5.91. The number of hydrogen-bond donors (Lipinski definition) is 1. The van der Waals surface area contributed by atoms with Crippen molar-refractivity contribution in [3.05, 3.63) is 67.7 Å². The first kappa shape index (κ1) is 17.1. The van der Waals surface area contributed by atoms with Gasteiger partial charge in [-0.2, -0.15) is 5.10 Å². The molecule has 0 bridgehead atoms. The van der Waals surface area contributed by atoms with Crippen LogP contribution in [0.4, 0.5) is 0 Å². The lowest BCUT2D eigenvalue weighted by Crippen LogP contribution is -2.31. The molecular weight excluding hydrogens is 346 g/mol. The number of carbonyl (C=O) groups excluding carboxylic acids is 1. The van der Waals surface area contributed by atoms with E-state index in [4.69, 9.17) is 0 Å². The topological polar surface area (TPSA) is 101 Å². The summed E-state index contributed by atoms with van der Waals surface area (Å²) in [5, 5.41) is 7.75. The van der Waals surface area contributed by atoms with Crippen molar-refractivity contribution in [2.45, 2.75) is 32.9 Å². The zero-order valence-electron chi connectivity index (χ0n) is 15.3. The molecule has 1 N–H and O–H groups in total. The van der Waals surface area contributed by atoms with E-state index in [2.05, 4.69) is 15.2 Å². The number of fused-ring (bicyclic) bond motifs is 2. The second-order valence-electron chi connectivity index (χ2n) is 6.85. The summed E-state index contributed by atoms with van der Waals surface area (Å²) in [6.07, 6.45) is 0. The number of benzene rings is 1. The Morgan fingerprint density at radius 2 is 1.89 bits per heavy atom. The number of carbonyl (C=O) groups is 1. The molecular formula is C19H19N5O3. The van der Waals surface area contributed by atoms with Crippen molar-refractivity contribution < 1.29 is 4.79 Å². The molecule has 0 fully saturated rings. The van der Waals surface area contributed by atoms with Crippen molar-refractivity contribution in [1.29, 1.82) is 0 Å². The van der Waals surface area contributed by atoms with Crippen LogP contribution in [0.25, 0.3) is 10.8 Å². The van der Waals surface area contributed by atoms with Crippen LogP contribution < -0.4 is 11.1 Å². The summed E-state index contributed by atoms with van der Waals surface area (Å²) in [5.41, 5.74) is 1.32. The summed E-state index contributed by atoms with van der Waals surface area (Å²) in [5.74, 6) is -0.0992.